The van der Waals surface area contributed by atoms with Gasteiger partial charge in [0.2, 0.25) is 0 Å². The molecule has 7 atom stereocenters. The topological polar surface area (TPSA) is 9.23 Å². The van der Waals surface area contributed by atoms with Crippen LogP contribution in [0.2, 0.25) is 0 Å². The summed E-state index contributed by atoms with van der Waals surface area (Å²) in [5, 5.41) is 0. The highest BCUT2D eigenvalue weighted by atomic mass is 127. The van der Waals surface area contributed by atoms with E-state index in [2.05, 4.69) is 50.7 Å². The van der Waals surface area contributed by atoms with E-state index in [1.807, 2.05) is 5.57 Å². The minimum absolute atomic E-state index is 0. The lowest BCUT2D eigenvalue weighted by atomic mass is 9.52. The highest BCUT2D eigenvalue weighted by molar-refractivity contribution is 14.1. The molecule has 168 valence electrons. The number of allylic oxidation sites excluding steroid dienone is 1. The van der Waals surface area contributed by atoms with E-state index in [0.29, 0.717) is 11.5 Å². The highest BCUT2D eigenvalue weighted by Crippen LogP contribution is 2.64. The second-order valence-corrected chi connectivity index (χ2v) is 12.1. The lowest BCUT2D eigenvalue weighted by Gasteiger charge is -2.53. The third kappa shape index (κ3) is 4.64. The van der Waals surface area contributed by atoms with Crippen molar-refractivity contribution in [2.24, 2.45) is 40.9 Å². The fourth-order valence-electron chi connectivity index (χ4n) is 7.99. The molecule has 0 bridgehead atoms. The third-order valence-corrected chi connectivity index (χ3v) is 10.1. The first-order chi connectivity index (χ1) is 13.4. The monoisotopic (exact) mass is 514 g/mol. The van der Waals surface area contributed by atoms with Crippen LogP contribution < -0.4 is 0 Å². The van der Waals surface area contributed by atoms with Crippen molar-refractivity contribution in [3.63, 3.8) is 0 Å². The Labute approximate surface area is 195 Å². The molecule has 0 saturated heterocycles. The first-order valence-electron chi connectivity index (χ1n) is 12.4. The van der Waals surface area contributed by atoms with Gasteiger partial charge in [-0.1, -0.05) is 60.0 Å². The van der Waals surface area contributed by atoms with Gasteiger partial charge in [-0.25, -0.2) is 0 Å². The molecule has 4 aliphatic rings. The predicted octanol–water partition coefficient (Wildman–Crippen LogP) is 9.15. The van der Waals surface area contributed by atoms with Gasteiger partial charge in [-0.05, 0) is 104 Å². The summed E-state index contributed by atoms with van der Waals surface area (Å²) in [6.45, 7) is 9.88. The zero-order valence-corrected chi connectivity index (χ0v) is 21.0. The van der Waals surface area contributed by atoms with Crippen LogP contribution in [0.4, 0.5) is 0 Å². The molecule has 0 N–H and O–H groups in total. The van der Waals surface area contributed by atoms with Gasteiger partial charge >= 0.3 is 0 Å². The molecule has 0 radical (unpaired) electrons. The van der Waals surface area contributed by atoms with Crippen LogP contribution in [0, 0.1) is 40.9 Å². The Bertz CT molecular complexity index is 581. The minimum Gasteiger partial charge on any atom is -0.308 e. The molecule has 2 heteroatoms. The molecule has 0 aliphatic heterocycles. The molecule has 7 unspecified atom stereocenters. The molecule has 0 heterocycles. The van der Waals surface area contributed by atoms with E-state index in [1.54, 1.807) is 5.57 Å². The van der Waals surface area contributed by atoms with Crippen molar-refractivity contribution >= 4 is 23.0 Å². The van der Waals surface area contributed by atoms with Crippen molar-refractivity contribution in [1.82, 2.24) is 0 Å². The summed E-state index contributed by atoms with van der Waals surface area (Å²) >= 11 is 2.21. The average molecular weight is 515 g/mol. The maximum Gasteiger partial charge on any atom is 0.110 e. The van der Waals surface area contributed by atoms with Crippen LogP contribution >= 0.6 is 23.0 Å². The van der Waals surface area contributed by atoms with E-state index < -0.39 is 0 Å². The Balaban J connectivity index is 0.00000240. The Morgan fingerprint density at radius 3 is 2.62 bits per heavy atom. The quantitative estimate of drug-likeness (QED) is 0.195. The molecule has 2 fully saturated rings. The molecule has 29 heavy (non-hydrogen) atoms. The fraction of sp³-hybridized carbons (Fsp3) is 0.926. The van der Waals surface area contributed by atoms with Crippen molar-refractivity contribution in [3.8, 4) is 0 Å². The van der Waals surface area contributed by atoms with Gasteiger partial charge in [0.1, 0.15) is 23.0 Å². The number of unbranched alkanes of at least 4 members (excludes halogenated alkanes) is 1. The van der Waals surface area contributed by atoms with Crippen molar-refractivity contribution in [2.45, 2.75) is 118 Å². The van der Waals surface area contributed by atoms with Crippen LogP contribution in [0.1, 0.15) is 112 Å². The van der Waals surface area contributed by atoms with Gasteiger partial charge in [0, 0.05) is 0 Å². The van der Waals surface area contributed by atoms with E-state index in [4.69, 9.17) is 3.07 Å². The van der Waals surface area contributed by atoms with Crippen LogP contribution in [0.25, 0.3) is 0 Å². The van der Waals surface area contributed by atoms with Gasteiger partial charge in [-0.15, -0.1) is 0 Å². The first kappa shape index (κ1) is 24.1. The van der Waals surface area contributed by atoms with Crippen molar-refractivity contribution in [2.75, 3.05) is 0 Å². The lowest BCUT2D eigenvalue weighted by molar-refractivity contribution is -0.00397. The average Bonchev–Trinajstić information content (AvgIpc) is 3.00. The van der Waals surface area contributed by atoms with Crippen molar-refractivity contribution in [1.29, 1.82) is 0 Å². The second-order valence-electron chi connectivity index (χ2n) is 11.6. The Morgan fingerprint density at radius 1 is 1.10 bits per heavy atom. The van der Waals surface area contributed by atoms with Crippen LogP contribution in [-0.4, -0.2) is 6.10 Å². The normalized spacial score (nSPS) is 41.6. The van der Waals surface area contributed by atoms with Gasteiger partial charge in [0.05, 0.1) is 6.10 Å². The number of fused-ring (bicyclic) bond motifs is 4. The van der Waals surface area contributed by atoms with Gasteiger partial charge in [0.15, 0.2) is 0 Å². The van der Waals surface area contributed by atoms with E-state index in [9.17, 15) is 0 Å². The molecule has 4 rings (SSSR count). The van der Waals surface area contributed by atoms with Crippen LogP contribution in [0.15, 0.2) is 11.1 Å². The zero-order chi connectivity index (χ0) is 19.9. The number of hydrogen-bond donors (Lipinski definition) is 0. The van der Waals surface area contributed by atoms with Crippen LogP contribution in [0.3, 0.4) is 0 Å². The summed E-state index contributed by atoms with van der Waals surface area (Å²) in [5.41, 5.74) is 4.23. The maximum atomic E-state index is 6.08. The Kier molecular flexibility index (Phi) is 8.24. The van der Waals surface area contributed by atoms with Gasteiger partial charge in [0.25, 0.3) is 0 Å². The summed E-state index contributed by atoms with van der Waals surface area (Å²) in [4.78, 5) is 0. The van der Waals surface area contributed by atoms with E-state index in [0.717, 1.165) is 35.5 Å². The number of rotatable bonds is 6. The molecule has 0 amide bonds. The smallest absolute Gasteiger partial charge is 0.110 e. The first-order valence-corrected chi connectivity index (χ1v) is 13.3. The van der Waals surface area contributed by atoms with Crippen LogP contribution in [0.5, 0.6) is 0 Å². The molecule has 0 spiro atoms. The minimum atomic E-state index is 0. The van der Waals surface area contributed by atoms with E-state index >= 15 is 0 Å². The SMILES string of the molecule is C.CC(C)CCCCC1CCC2C3CC(OI)C4=C(CCC(C)C4)C3CCC12C. The summed E-state index contributed by atoms with van der Waals surface area (Å²) < 4.78 is 6.08. The van der Waals surface area contributed by atoms with E-state index in [-0.39, 0.29) is 7.43 Å². The predicted molar refractivity (Wildman–Crippen MR) is 134 cm³/mol. The van der Waals surface area contributed by atoms with Crippen LogP contribution in [-0.2, 0) is 3.07 Å². The van der Waals surface area contributed by atoms with Gasteiger partial charge in [-0.3, -0.25) is 0 Å². The number of halogens is 1. The highest BCUT2D eigenvalue weighted by Gasteiger charge is 2.55. The zero-order valence-electron chi connectivity index (χ0n) is 18.8. The summed E-state index contributed by atoms with van der Waals surface area (Å²) in [6.07, 6.45) is 17.6. The molecule has 0 aromatic rings. The summed E-state index contributed by atoms with van der Waals surface area (Å²) in [6, 6.07) is 0. The third-order valence-electron chi connectivity index (χ3n) is 9.53. The Hall–Kier alpha value is 0.430. The Morgan fingerprint density at radius 2 is 1.90 bits per heavy atom. The molecule has 2 saturated carbocycles. The number of hydrogen-bond acceptors (Lipinski definition) is 1. The molecular formula is C27H47IO. The fourth-order valence-corrected chi connectivity index (χ4v) is 8.50. The molecular weight excluding hydrogens is 467 g/mol. The molecule has 0 aromatic carbocycles. The van der Waals surface area contributed by atoms with E-state index in [1.165, 1.54) is 77.0 Å². The lowest BCUT2D eigenvalue weighted by Crippen LogP contribution is -2.46. The standard InChI is InChI=1S/C26H43IO.CH4/c1-17(2)7-5-6-8-19-10-12-24-22-16-25(28-27)23-15-18(3)9-11-20(23)21(22)13-14-26(19,24)4;/h17-19,21-22,24-25H,5-16H2,1-4H3;1H4. The largest absolute Gasteiger partial charge is 0.308 e. The summed E-state index contributed by atoms with van der Waals surface area (Å²) in [7, 11) is 0. The molecule has 1 nitrogen and oxygen atoms in total. The van der Waals surface area contributed by atoms with Gasteiger partial charge < -0.3 is 3.07 Å². The van der Waals surface area contributed by atoms with Crippen molar-refractivity contribution < 1.29 is 3.07 Å². The van der Waals surface area contributed by atoms with Gasteiger partial charge in [-0.2, -0.15) is 0 Å². The maximum absolute atomic E-state index is 6.08. The second kappa shape index (κ2) is 9.92. The molecule has 0 aromatic heterocycles. The summed E-state index contributed by atoms with van der Waals surface area (Å²) in [5.74, 6) is 5.50. The molecule has 4 aliphatic carbocycles. The van der Waals surface area contributed by atoms with Crippen molar-refractivity contribution in [3.05, 3.63) is 11.1 Å².